The monoisotopic (exact) mass is 328 g/mol. The van der Waals surface area contributed by atoms with Crippen molar-refractivity contribution in [2.45, 2.75) is 19.6 Å². The van der Waals surface area contributed by atoms with Crippen molar-refractivity contribution in [3.63, 3.8) is 0 Å². The summed E-state index contributed by atoms with van der Waals surface area (Å²) in [5.74, 6) is -0.0321. The number of hydrogen-bond donors (Lipinski definition) is 1. The Balaban J connectivity index is 2.51. The minimum Gasteiger partial charge on any atom is -0.493 e. The van der Waals surface area contributed by atoms with E-state index in [-0.39, 0.29) is 5.56 Å². The van der Waals surface area contributed by atoms with Crippen LogP contribution in [0.3, 0.4) is 0 Å². The van der Waals surface area contributed by atoms with Crippen molar-refractivity contribution >= 4 is 15.9 Å². The molecule has 0 radical (unpaired) electrons. The molecule has 0 aliphatic heterocycles. The molecule has 0 amide bonds. The normalized spacial score (nSPS) is 12.5. The fraction of sp³-hybridized carbons (Fsp3) is 0.308. The topological polar surface area (TPSA) is 47.3 Å². The molecule has 2 rings (SSSR count). The van der Waals surface area contributed by atoms with Crippen LogP contribution in [0.15, 0.2) is 28.9 Å². The highest BCUT2D eigenvalue weighted by atomic mass is 79.9. The van der Waals surface area contributed by atoms with Gasteiger partial charge in [-0.3, -0.25) is 4.68 Å². The average molecular weight is 329 g/mol. The Morgan fingerprint density at radius 3 is 2.89 bits per heavy atom. The van der Waals surface area contributed by atoms with Gasteiger partial charge < -0.3 is 9.84 Å². The number of halogens is 2. The van der Waals surface area contributed by atoms with Gasteiger partial charge in [0.1, 0.15) is 17.6 Å². The lowest BCUT2D eigenvalue weighted by Gasteiger charge is -2.15. The number of rotatable bonds is 4. The molecule has 6 heteroatoms. The van der Waals surface area contributed by atoms with Gasteiger partial charge in [0.05, 0.1) is 13.3 Å². The number of aliphatic hydroxyl groups excluding tert-OH is 1. The molecule has 102 valence electrons. The number of hydrogen-bond acceptors (Lipinski definition) is 3. The first-order valence-corrected chi connectivity index (χ1v) is 6.60. The molecule has 1 N–H and O–H groups in total. The van der Waals surface area contributed by atoms with Crippen molar-refractivity contribution in [3.8, 4) is 5.75 Å². The van der Waals surface area contributed by atoms with Crippen molar-refractivity contribution in [1.82, 2.24) is 9.78 Å². The van der Waals surface area contributed by atoms with E-state index in [0.29, 0.717) is 22.5 Å². The predicted molar refractivity (Wildman–Crippen MR) is 72.6 cm³/mol. The lowest BCUT2D eigenvalue weighted by atomic mass is 10.1. The van der Waals surface area contributed by atoms with Crippen LogP contribution in [0.2, 0.25) is 0 Å². The third kappa shape index (κ3) is 2.64. The first-order valence-electron chi connectivity index (χ1n) is 5.81. The zero-order valence-corrected chi connectivity index (χ0v) is 12.2. The van der Waals surface area contributed by atoms with E-state index in [1.54, 1.807) is 16.8 Å². The van der Waals surface area contributed by atoms with Crippen molar-refractivity contribution < 1.29 is 14.2 Å². The number of aryl methyl sites for hydroxylation is 1. The lowest BCUT2D eigenvalue weighted by molar-refractivity contribution is 0.197. The van der Waals surface area contributed by atoms with Crippen molar-refractivity contribution in [1.29, 1.82) is 0 Å². The zero-order chi connectivity index (χ0) is 14.0. The van der Waals surface area contributed by atoms with E-state index in [4.69, 9.17) is 4.74 Å². The van der Waals surface area contributed by atoms with Crippen LogP contribution in [0, 0.1) is 5.82 Å². The molecule has 1 atom stereocenters. The summed E-state index contributed by atoms with van der Waals surface area (Å²) in [4.78, 5) is 0. The van der Waals surface area contributed by atoms with Gasteiger partial charge in [0, 0.05) is 16.6 Å². The molecule has 0 spiro atoms. The molecule has 0 bridgehead atoms. The third-order valence-corrected chi connectivity index (χ3v) is 3.37. The van der Waals surface area contributed by atoms with Crippen molar-refractivity contribution in [2.75, 3.05) is 7.11 Å². The number of methoxy groups -OCH3 is 1. The molecule has 0 aliphatic carbocycles. The van der Waals surface area contributed by atoms with Crippen LogP contribution in [0.5, 0.6) is 5.75 Å². The Morgan fingerprint density at radius 1 is 1.53 bits per heavy atom. The minimum absolute atomic E-state index is 0.183. The third-order valence-electron chi connectivity index (χ3n) is 2.88. The molecule has 0 fully saturated rings. The van der Waals surface area contributed by atoms with Crippen LogP contribution in [-0.4, -0.2) is 22.0 Å². The fourth-order valence-corrected chi connectivity index (χ4v) is 2.31. The van der Waals surface area contributed by atoms with Crippen molar-refractivity contribution in [2.24, 2.45) is 0 Å². The molecule has 0 saturated heterocycles. The summed E-state index contributed by atoms with van der Waals surface area (Å²) in [6.07, 6.45) is 0.382. The quantitative estimate of drug-likeness (QED) is 0.938. The van der Waals surface area contributed by atoms with E-state index in [0.717, 1.165) is 0 Å². The first-order chi connectivity index (χ1) is 9.08. The van der Waals surface area contributed by atoms with Crippen LogP contribution >= 0.6 is 15.9 Å². The molecule has 1 aromatic heterocycles. The van der Waals surface area contributed by atoms with Crippen LogP contribution in [0.4, 0.5) is 4.39 Å². The second-order valence-corrected chi connectivity index (χ2v) is 4.90. The Morgan fingerprint density at radius 2 is 2.26 bits per heavy atom. The van der Waals surface area contributed by atoms with Crippen LogP contribution in [0.25, 0.3) is 0 Å². The zero-order valence-electron chi connectivity index (χ0n) is 10.6. The molecule has 0 saturated carbocycles. The molecule has 4 nitrogen and oxygen atoms in total. The van der Waals surface area contributed by atoms with E-state index in [9.17, 15) is 9.50 Å². The van der Waals surface area contributed by atoms with E-state index in [1.165, 1.54) is 19.4 Å². The summed E-state index contributed by atoms with van der Waals surface area (Å²) in [5.41, 5.74) is 0.630. The summed E-state index contributed by atoms with van der Waals surface area (Å²) in [6.45, 7) is 2.45. The van der Waals surface area contributed by atoms with Gasteiger partial charge in [-0.15, -0.1) is 0 Å². The smallest absolute Gasteiger partial charge is 0.163 e. The highest BCUT2D eigenvalue weighted by Crippen LogP contribution is 2.32. The molecule has 2 aromatic rings. The average Bonchev–Trinajstić information content (AvgIpc) is 2.83. The number of benzene rings is 1. The van der Waals surface area contributed by atoms with Gasteiger partial charge in [0.2, 0.25) is 0 Å². The number of nitrogens with zero attached hydrogens (tertiary/aromatic N) is 2. The summed E-state index contributed by atoms with van der Waals surface area (Å²) in [5, 5.41) is 14.5. The molecule has 19 heavy (non-hydrogen) atoms. The highest BCUT2D eigenvalue weighted by Gasteiger charge is 2.23. The Hall–Kier alpha value is -1.40. The molecular weight excluding hydrogens is 315 g/mol. The molecule has 1 unspecified atom stereocenters. The second-order valence-electron chi connectivity index (χ2n) is 3.98. The Kier molecular flexibility index (Phi) is 4.21. The van der Waals surface area contributed by atoms with E-state index >= 15 is 0 Å². The van der Waals surface area contributed by atoms with Crippen LogP contribution in [-0.2, 0) is 6.54 Å². The van der Waals surface area contributed by atoms with Crippen LogP contribution < -0.4 is 4.74 Å². The molecule has 0 aliphatic rings. The maximum Gasteiger partial charge on any atom is 0.163 e. The summed E-state index contributed by atoms with van der Waals surface area (Å²) < 4.78 is 21.3. The molecule has 1 heterocycles. The van der Waals surface area contributed by atoms with Gasteiger partial charge >= 0.3 is 0 Å². The number of aromatic nitrogens is 2. The highest BCUT2D eigenvalue weighted by molar-refractivity contribution is 9.10. The van der Waals surface area contributed by atoms with E-state index < -0.39 is 11.9 Å². The molecular formula is C13H14BrFN2O2. The summed E-state index contributed by atoms with van der Waals surface area (Å²) >= 11 is 3.27. The van der Waals surface area contributed by atoms with Gasteiger partial charge in [-0.05, 0) is 25.1 Å². The first kappa shape index (κ1) is 14.0. The van der Waals surface area contributed by atoms with Gasteiger partial charge in [-0.25, -0.2) is 4.39 Å². The van der Waals surface area contributed by atoms with E-state index in [2.05, 4.69) is 21.0 Å². The number of aliphatic hydroxyl groups is 1. The van der Waals surface area contributed by atoms with E-state index in [1.807, 2.05) is 6.92 Å². The van der Waals surface area contributed by atoms with Crippen LogP contribution in [0.1, 0.15) is 24.3 Å². The SMILES string of the molecule is CCn1ncc(OC)c1C(O)c1cc(Br)ccc1F. The van der Waals surface area contributed by atoms with Gasteiger partial charge in [-0.1, -0.05) is 15.9 Å². The Labute approximate surface area is 118 Å². The maximum atomic E-state index is 13.8. The summed E-state index contributed by atoms with van der Waals surface area (Å²) in [6, 6.07) is 4.44. The standard InChI is InChI=1S/C13H14BrFN2O2/c1-3-17-12(11(19-2)7-16-17)13(18)9-6-8(14)4-5-10(9)15/h4-7,13,18H,3H2,1-2H3. The predicted octanol–water partition coefficient (Wildman–Crippen LogP) is 2.89. The Bertz CT molecular complexity index is 565. The largest absolute Gasteiger partial charge is 0.493 e. The summed E-state index contributed by atoms with van der Waals surface area (Å²) in [7, 11) is 1.49. The fourth-order valence-electron chi connectivity index (χ4n) is 1.93. The second kappa shape index (κ2) is 5.71. The number of ether oxygens (including phenoxy) is 1. The van der Waals surface area contributed by atoms with Gasteiger partial charge in [0.25, 0.3) is 0 Å². The van der Waals surface area contributed by atoms with Gasteiger partial charge in [0.15, 0.2) is 5.75 Å². The molecule has 1 aromatic carbocycles. The van der Waals surface area contributed by atoms with Crippen molar-refractivity contribution in [3.05, 3.63) is 45.9 Å². The van der Waals surface area contributed by atoms with Gasteiger partial charge in [-0.2, -0.15) is 5.10 Å². The lowest BCUT2D eigenvalue weighted by Crippen LogP contribution is -2.11. The maximum absolute atomic E-state index is 13.8. The minimum atomic E-state index is -1.13.